The predicted molar refractivity (Wildman–Crippen MR) is 88.5 cm³/mol. The number of thiophene rings is 1. The highest BCUT2D eigenvalue weighted by atomic mass is 79.9. The molecular weight excluding hydrogens is 374 g/mol. The zero-order valence-electron chi connectivity index (χ0n) is 11.5. The molecule has 0 unspecified atom stereocenters. The summed E-state index contributed by atoms with van der Waals surface area (Å²) in [7, 11) is -1.75. The minimum atomic E-state index is -3.39. The topological polar surface area (TPSA) is 55.4 Å². The number of nitrogens with one attached hydrogen (secondary N) is 1. The maximum atomic E-state index is 12.0. The van der Waals surface area contributed by atoms with Gasteiger partial charge in [0.1, 0.15) is 9.96 Å². The van der Waals surface area contributed by atoms with Crippen LogP contribution in [0.2, 0.25) is 0 Å². The molecule has 1 N–H and O–H groups in total. The Balaban J connectivity index is 1.81. The summed E-state index contributed by atoms with van der Waals surface area (Å²) < 4.78 is 32.9. The van der Waals surface area contributed by atoms with Gasteiger partial charge in [0.05, 0.1) is 10.9 Å². The molecule has 0 fully saturated rings. The van der Waals surface area contributed by atoms with Crippen molar-refractivity contribution in [2.45, 2.75) is 17.1 Å². The molecule has 0 bridgehead atoms. The molecule has 0 saturated heterocycles. The highest BCUT2D eigenvalue weighted by Crippen LogP contribution is 2.25. The van der Waals surface area contributed by atoms with E-state index in [1.165, 1.54) is 11.3 Å². The first-order chi connectivity index (χ1) is 10.0. The number of rotatable bonds is 7. The average molecular weight is 390 g/mol. The van der Waals surface area contributed by atoms with Gasteiger partial charge in [-0.25, -0.2) is 13.1 Å². The van der Waals surface area contributed by atoms with E-state index in [2.05, 4.69) is 20.7 Å². The first kappa shape index (κ1) is 16.5. The van der Waals surface area contributed by atoms with Crippen LogP contribution >= 0.6 is 27.3 Å². The zero-order valence-corrected chi connectivity index (χ0v) is 14.7. The van der Waals surface area contributed by atoms with Gasteiger partial charge >= 0.3 is 0 Å². The SMILES string of the molecule is COc1ccc(CCCNS(=O)(=O)c2ccc(Br)s2)cc1. The van der Waals surface area contributed by atoms with Crippen LogP contribution in [-0.4, -0.2) is 22.1 Å². The summed E-state index contributed by atoms with van der Waals surface area (Å²) in [4.78, 5) is 0. The van der Waals surface area contributed by atoms with Crippen molar-refractivity contribution >= 4 is 37.3 Å². The third kappa shape index (κ3) is 4.81. The molecule has 2 rings (SSSR count). The second-order valence-electron chi connectivity index (χ2n) is 4.41. The van der Waals surface area contributed by atoms with E-state index in [1.807, 2.05) is 24.3 Å². The lowest BCUT2D eigenvalue weighted by atomic mass is 10.1. The summed E-state index contributed by atoms with van der Waals surface area (Å²) in [6.45, 7) is 0.421. The smallest absolute Gasteiger partial charge is 0.250 e. The monoisotopic (exact) mass is 389 g/mol. The van der Waals surface area contributed by atoms with Gasteiger partial charge in [0.15, 0.2) is 0 Å². The van der Waals surface area contributed by atoms with Crippen LogP contribution in [-0.2, 0) is 16.4 Å². The molecule has 7 heteroatoms. The second-order valence-corrected chi connectivity index (χ2v) is 8.86. The normalized spacial score (nSPS) is 11.5. The van der Waals surface area contributed by atoms with E-state index in [0.29, 0.717) is 10.8 Å². The number of benzene rings is 1. The fourth-order valence-corrected chi connectivity index (χ4v) is 4.93. The van der Waals surface area contributed by atoms with Gasteiger partial charge in [-0.15, -0.1) is 11.3 Å². The number of ether oxygens (including phenoxy) is 1. The van der Waals surface area contributed by atoms with Gasteiger partial charge in [0, 0.05) is 6.54 Å². The first-order valence-corrected chi connectivity index (χ1v) is 9.48. The predicted octanol–water partition coefficient (Wildman–Crippen LogP) is 3.43. The Morgan fingerprint density at radius 3 is 2.48 bits per heavy atom. The van der Waals surface area contributed by atoms with Gasteiger partial charge in [-0.1, -0.05) is 12.1 Å². The molecule has 1 heterocycles. The molecule has 0 aliphatic rings. The molecule has 0 radical (unpaired) electrons. The van der Waals surface area contributed by atoms with Crippen LogP contribution in [0.25, 0.3) is 0 Å². The summed E-state index contributed by atoms with van der Waals surface area (Å²) in [5.74, 6) is 0.822. The van der Waals surface area contributed by atoms with Gasteiger partial charge in [-0.2, -0.15) is 0 Å². The summed E-state index contributed by atoms with van der Waals surface area (Å²) in [6, 6.07) is 11.1. The fraction of sp³-hybridized carbons (Fsp3) is 0.286. The number of hydrogen-bond acceptors (Lipinski definition) is 4. The first-order valence-electron chi connectivity index (χ1n) is 6.39. The summed E-state index contributed by atoms with van der Waals surface area (Å²) >= 11 is 4.47. The van der Waals surface area contributed by atoms with E-state index in [0.717, 1.165) is 27.9 Å². The van der Waals surface area contributed by atoms with Gasteiger partial charge < -0.3 is 4.74 Å². The summed E-state index contributed by atoms with van der Waals surface area (Å²) in [6.07, 6.45) is 1.57. The van der Waals surface area contributed by atoms with Gasteiger partial charge in [-0.05, 0) is 58.6 Å². The van der Waals surface area contributed by atoms with E-state index >= 15 is 0 Å². The molecule has 4 nitrogen and oxygen atoms in total. The molecule has 2 aromatic rings. The van der Waals surface area contributed by atoms with Crippen LogP contribution in [0.1, 0.15) is 12.0 Å². The van der Waals surface area contributed by atoms with Gasteiger partial charge in [-0.3, -0.25) is 0 Å². The molecule has 0 saturated carbocycles. The molecule has 1 aromatic carbocycles. The van der Waals surface area contributed by atoms with Crippen LogP contribution in [0, 0.1) is 0 Å². The van der Waals surface area contributed by atoms with Gasteiger partial charge in [0.2, 0.25) is 10.0 Å². The Hall–Kier alpha value is -0.890. The molecule has 0 amide bonds. The van der Waals surface area contributed by atoms with E-state index in [-0.39, 0.29) is 0 Å². The van der Waals surface area contributed by atoms with Crippen LogP contribution in [0.15, 0.2) is 44.4 Å². The maximum Gasteiger partial charge on any atom is 0.250 e. The maximum absolute atomic E-state index is 12.0. The Morgan fingerprint density at radius 1 is 1.19 bits per heavy atom. The molecule has 1 aromatic heterocycles. The molecule has 0 spiro atoms. The Bertz CT molecular complexity index is 680. The largest absolute Gasteiger partial charge is 0.497 e. The van der Waals surface area contributed by atoms with Crippen LogP contribution in [0.4, 0.5) is 0 Å². The standard InChI is InChI=1S/C14H16BrNO3S2/c1-19-12-6-4-11(5-7-12)3-2-10-16-21(17,18)14-9-8-13(15)20-14/h4-9,16H,2-3,10H2,1H3. The Labute approximate surface area is 137 Å². The molecule has 0 atom stereocenters. The summed E-state index contributed by atoms with van der Waals surface area (Å²) in [5.41, 5.74) is 1.16. The lowest BCUT2D eigenvalue weighted by molar-refractivity contribution is 0.414. The quantitative estimate of drug-likeness (QED) is 0.737. The third-order valence-electron chi connectivity index (χ3n) is 2.91. The Morgan fingerprint density at radius 2 is 1.90 bits per heavy atom. The fourth-order valence-electron chi connectivity index (χ4n) is 1.80. The number of aryl methyl sites for hydroxylation is 1. The van der Waals surface area contributed by atoms with Crippen molar-refractivity contribution in [1.82, 2.24) is 4.72 Å². The van der Waals surface area contributed by atoms with Crippen molar-refractivity contribution in [2.24, 2.45) is 0 Å². The average Bonchev–Trinajstić information content (AvgIpc) is 2.92. The minimum absolute atomic E-state index is 0.332. The Kier molecular flexibility index (Phi) is 5.80. The van der Waals surface area contributed by atoms with Crippen molar-refractivity contribution in [3.8, 4) is 5.75 Å². The number of halogens is 1. The molecule has 21 heavy (non-hydrogen) atoms. The van der Waals surface area contributed by atoms with Crippen molar-refractivity contribution < 1.29 is 13.2 Å². The van der Waals surface area contributed by atoms with Gasteiger partial charge in [0.25, 0.3) is 0 Å². The molecular formula is C14H16BrNO3S2. The minimum Gasteiger partial charge on any atom is -0.497 e. The highest BCUT2D eigenvalue weighted by molar-refractivity contribution is 9.11. The van der Waals surface area contributed by atoms with Crippen LogP contribution in [0.5, 0.6) is 5.75 Å². The highest BCUT2D eigenvalue weighted by Gasteiger charge is 2.15. The van der Waals surface area contributed by atoms with E-state index in [1.54, 1.807) is 19.2 Å². The third-order valence-corrected chi connectivity index (χ3v) is 6.48. The van der Waals surface area contributed by atoms with E-state index in [9.17, 15) is 8.42 Å². The number of methoxy groups -OCH3 is 1. The molecule has 0 aliphatic carbocycles. The zero-order chi connectivity index (χ0) is 15.3. The van der Waals surface area contributed by atoms with Crippen LogP contribution in [0.3, 0.4) is 0 Å². The van der Waals surface area contributed by atoms with Crippen molar-refractivity contribution in [3.05, 3.63) is 45.7 Å². The summed E-state index contributed by atoms with van der Waals surface area (Å²) in [5, 5.41) is 0. The molecule has 114 valence electrons. The van der Waals surface area contributed by atoms with Crippen LogP contribution < -0.4 is 9.46 Å². The molecule has 0 aliphatic heterocycles. The van der Waals surface area contributed by atoms with Crippen molar-refractivity contribution in [1.29, 1.82) is 0 Å². The lowest BCUT2D eigenvalue weighted by Gasteiger charge is -2.05. The van der Waals surface area contributed by atoms with Crippen molar-refractivity contribution in [3.63, 3.8) is 0 Å². The lowest BCUT2D eigenvalue weighted by Crippen LogP contribution is -2.24. The van der Waals surface area contributed by atoms with E-state index < -0.39 is 10.0 Å². The second kappa shape index (κ2) is 7.40. The number of sulfonamides is 1. The van der Waals surface area contributed by atoms with Crippen molar-refractivity contribution in [2.75, 3.05) is 13.7 Å². The number of hydrogen-bond donors (Lipinski definition) is 1. The van der Waals surface area contributed by atoms with E-state index in [4.69, 9.17) is 4.74 Å².